The van der Waals surface area contributed by atoms with Gasteiger partial charge in [0.2, 0.25) is 10.0 Å². The van der Waals surface area contributed by atoms with Crippen LogP contribution in [-0.2, 0) is 37.0 Å². The number of nitrogens with zero attached hydrogens (tertiary/aromatic N) is 1. The Morgan fingerprint density at radius 1 is 1.02 bits per heavy atom. The second kappa shape index (κ2) is 13.9. The van der Waals surface area contributed by atoms with Crippen molar-refractivity contribution in [3.8, 4) is 0 Å². The molecule has 2 aliphatic rings. The van der Waals surface area contributed by atoms with Crippen LogP contribution in [0.1, 0.15) is 70.3 Å². The highest BCUT2D eigenvalue weighted by Gasteiger charge is 2.49. The Kier molecular flexibility index (Phi) is 10.2. The molecule has 0 spiro atoms. The minimum atomic E-state index is -4.07. The molecule has 1 fully saturated rings. The zero-order chi connectivity index (χ0) is 34.1. The van der Waals surface area contributed by atoms with Gasteiger partial charge in [0, 0.05) is 33.3 Å². The number of benzene rings is 3. The minimum absolute atomic E-state index is 0.195. The van der Waals surface area contributed by atoms with Crippen LogP contribution in [-0.4, -0.2) is 54.5 Å². The molecule has 1 aliphatic heterocycles. The summed E-state index contributed by atoms with van der Waals surface area (Å²) in [5.41, 5.74) is 3.15. The third kappa shape index (κ3) is 7.44. The lowest BCUT2D eigenvalue weighted by atomic mass is 9.76. The fourth-order valence-electron chi connectivity index (χ4n) is 6.32. The molecule has 3 N–H and O–H groups in total. The molecule has 1 aliphatic carbocycles. The quantitative estimate of drug-likeness (QED) is 0.234. The number of hydrogen-bond donors (Lipinski definition) is 3. The van der Waals surface area contributed by atoms with Crippen molar-refractivity contribution in [3.63, 3.8) is 0 Å². The van der Waals surface area contributed by atoms with Crippen LogP contribution in [0.15, 0.2) is 66.7 Å². The van der Waals surface area contributed by atoms with Gasteiger partial charge in [-0.15, -0.1) is 0 Å². The summed E-state index contributed by atoms with van der Waals surface area (Å²) >= 11 is 12.9. The first-order valence-electron chi connectivity index (χ1n) is 14.6. The highest BCUT2D eigenvalue weighted by Crippen LogP contribution is 2.48. The predicted molar refractivity (Wildman–Crippen MR) is 169 cm³/mol. The first-order chi connectivity index (χ1) is 22.2. The number of carbonyl (C=O) groups excluding carboxylic acids is 2. The van der Waals surface area contributed by atoms with Gasteiger partial charge >= 0.3 is 11.9 Å². The lowest BCUT2D eigenvalue weighted by Gasteiger charge is -2.49. The maximum absolute atomic E-state index is 14.3. The molecular weight excluding hydrogens is 679 g/mol. The molecule has 47 heavy (non-hydrogen) atoms. The molecule has 4 atom stereocenters. The van der Waals surface area contributed by atoms with E-state index in [1.54, 1.807) is 41.3 Å². The zero-order valence-corrected chi connectivity index (χ0v) is 27.3. The summed E-state index contributed by atoms with van der Waals surface area (Å²) in [5.74, 6) is -8.48. The molecule has 250 valence electrons. The van der Waals surface area contributed by atoms with Crippen LogP contribution in [0.3, 0.4) is 0 Å². The smallest absolute Gasteiger partial charge is 0.379 e. The third-order valence-corrected chi connectivity index (χ3v) is 9.68. The van der Waals surface area contributed by atoms with Gasteiger partial charge in [-0.3, -0.25) is 14.4 Å². The van der Waals surface area contributed by atoms with Gasteiger partial charge in [-0.2, -0.15) is 8.78 Å². The van der Waals surface area contributed by atoms with E-state index in [2.05, 4.69) is 10.2 Å². The van der Waals surface area contributed by atoms with Gasteiger partial charge in [-0.25, -0.2) is 23.4 Å². The van der Waals surface area contributed by atoms with Crippen molar-refractivity contribution < 1.29 is 41.5 Å². The van der Waals surface area contributed by atoms with Crippen LogP contribution in [0.2, 0.25) is 10.0 Å². The van der Waals surface area contributed by atoms with Gasteiger partial charge in [0.25, 0.3) is 11.8 Å². The van der Waals surface area contributed by atoms with Crippen molar-refractivity contribution in [1.82, 2.24) is 15.1 Å². The molecule has 1 saturated carbocycles. The lowest BCUT2D eigenvalue weighted by molar-refractivity contribution is -0.166. The lowest BCUT2D eigenvalue weighted by Crippen LogP contribution is -2.59. The number of carboxylic acids is 1. The first-order valence-corrected chi connectivity index (χ1v) is 17.3. The standard InChI is InChI=1S/C32H31Cl2F2N3O7S/c1-47(44,45)38-25-8-4-5-9-26(25)39-28(23-15-14-20(33)16-24(23)34)27(21-6-2-3-7-22(21)30(39)41)29(40)37-46-17-18-10-12-19(13-11-18)32(35,36)31(42)43/h2-3,6-7,10-16,25-28,38H,4-5,8-9,17H2,1H3,(H,37,40)(H,42,43)/t25-,26-,27+,28-/m0/s1. The Hall–Kier alpha value is -3.62. The monoisotopic (exact) mass is 709 g/mol. The number of carbonyl (C=O) groups is 3. The first kappa shape index (κ1) is 34.7. The molecule has 0 radical (unpaired) electrons. The number of halogens is 4. The van der Waals surface area contributed by atoms with Gasteiger partial charge in [0.1, 0.15) is 0 Å². The molecular formula is C32H31Cl2F2N3O7S. The van der Waals surface area contributed by atoms with Crippen molar-refractivity contribution in [2.24, 2.45) is 0 Å². The number of sulfonamides is 1. The Morgan fingerprint density at radius 3 is 2.36 bits per heavy atom. The van der Waals surface area contributed by atoms with Crippen LogP contribution in [0, 0.1) is 0 Å². The molecule has 0 bridgehead atoms. The van der Waals surface area contributed by atoms with Crippen molar-refractivity contribution in [2.45, 2.75) is 62.3 Å². The van der Waals surface area contributed by atoms with E-state index in [4.69, 9.17) is 33.1 Å². The number of nitrogens with one attached hydrogen (secondary N) is 2. The summed E-state index contributed by atoms with van der Waals surface area (Å²) in [4.78, 5) is 46.4. The van der Waals surface area contributed by atoms with E-state index >= 15 is 0 Å². The van der Waals surface area contributed by atoms with Crippen LogP contribution >= 0.6 is 23.2 Å². The van der Waals surface area contributed by atoms with E-state index in [1.165, 1.54) is 18.2 Å². The summed E-state index contributed by atoms with van der Waals surface area (Å²) < 4.78 is 55.1. The average molecular weight is 711 g/mol. The third-order valence-electron chi connectivity index (χ3n) is 8.39. The molecule has 10 nitrogen and oxygen atoms in total. The van der Waals surface area contributed by atoms with Gasteiger partial charge < -0.3 is 10.0 Å². The van der Waals surface area contributed by atoms with Gasteiger partial charge in [-0.1, -0.05) is 84.6 Å². The van der Waals surface area contributed by atoms with E-state index < -0.39 is 63.3 Å². The average Bonchev–Trinajstić information content (AvgIpc) is 3.01. The van der Waals surface area contributed by atoms with Gasteiger partial charge in [-0.05, 0) is 47.7 Å². The summed E-state index contributed by atoms with van der Waals surface area (Å²) in [6.45, 7) is -0.253. The van der Waals surface area contributed by atoms with E-state index in [0.717, 1.165) is 31.2 Å². The van der Waals surface area contributed by atoms with Crippen molar-refractivity contribution in [2.75, 3.05) is 6.26 Å². The van der Waals surface area contributed by atoms with Crippen molar-refractivity contribution in [3.05, 3.63) is 105 Å². The van der Waals surface area contributed by atoms with Gasteiger partial charge in [0.05, 0.1) is 24.8 Å². The Bertz CT molecular complexity index is 1790. The second-order valence-electron chi connectivity index (χ2n) is 11.6. The zero-order valence-electron chi connectivity index (χ0n) is 25.0. The highest BCUT2D eigenvalue weighted by atomic mass is 35.5. The second-order valence-corrected chi connectivity index (χ2v) is 14.2. The minimum Gasteiger partial charge on any atom is -0.477 e. The molecule has 0 saturated heterocycles. The molecule has 15 heteroatoms. The van der Waals surface area contributed by atoms with Gasteiger partial charge in [0.15, 0.2) is 0 Å². The molecule has 3 aromatic rings. The number of carboxylic acid groups (broad SMARTS) is 1. The Morgan fingerprint density at radius 2 is 1.70 bits per heavy atom. The topological polar surface area (TPSA) is 142 Å². The van der Waals surface area contributed by atoms with E-state index in [0.29, 0.717) is 34.6 Å². The number of hydroxylamine groups is 1. The number of amides is 2. The molecule has 1 heterocycles. The van der Waals surface area contributed by atoms with Crippen molar-refractivity contribution in [1.29, 1.82) is 0 Å². The van der Waals surface area contributed by atoms with Crippen LogP contribution < -0.4 is 10.2 Å². The van der Waals surface area contributed by atoms with E-state index in [1.807, 2.05) is 0 Å². The summed E-state index contributed by atoms with van der Waals surface area (Å²) in [6, 6.07) is 13.5. The highest BCUT2D eigenvalue weighted by molar-refractivity contribution is 7.88. The van der Waals surface area contributed by atoms with Crippen LogP contribution in [0.25, 0.3) is 0 Å². The van der Waals surface area contributed by atoms with Crippen LogP contribution in [0.4, 0.5) is 8.78 Å². The maximum atomic E-state index is 14.3. The SMILES string of the molecule is CS(=O)(=O)N[C@H]1CCCC[C@@H]1N1C(=O)c2ccccc2[C@@H](C(=O)NOCc2ccc(C(F)(F)C(=O)O)cc2)[C@@H]1c1ccc(Cl)cc1Cl. The fraction of sp³-hybridized carbons (Fsp3) is 0.344. The van der Waals surface area contributed by atoms with E-state index in [9.17, 15) is 31.6 Å². The molecule has 0 unspecified atom stereocenters. The van der Waals surface area contributed by atoms with E-state index in [-0.39, 0.29) is 17.2 Å². The molecule has 2 amide bonds. The summed E-state index contributed by atoms with van der Waals surface area (Å²) in [6.07, 6.45) is 3.45. The number of hydrogen-bond acceptors (Lipinski definition) is 6. The van der Waals surface area contributed by atoms with Crippen LogP contribution in [0.5, 0.6) is 0 Å². The largest absolute Gasteiger partial charge is 0.477 e. The number of fused-ring (bicyclic) bond motifs is 1. The maximum Gasteiger partial charge on any atom is 0.379 e. The normalized spacial score (nSPS) is 21.6. The summed E-state index contributed by atoms with van der Waals surface area (Å²) in [7, 11) is -3.65. The molecule has 0 aromatic heterocycles. The Labute approximate surface area is 280 Å². The number of rotatable bonds is 10. The predicted octanol–water partition coefficient (Wildman–Crippen LogP) is 5.56. The number of aliphatic carboxylic acids is 1. The van der Waals surface area contributed by atoms with Crippen molar-refractivity contribution >= 4 is 51.0 Å². The Balaban J connectivity index is 1.51. The number of alkyl halides is 2. The summed E-state index contributed by atoms with van der Waals surface area (Å²) in [5, 5.41) is 9.31. The molecule has 3 aromatic carbocycles. The fourth-order valence-corrected chi connectivity index (χ4v) is 7.66. The molecule has 5 rings (SSSR count).